The number of aliphatic imine (C=N–C) groups is 1. The van der Waals surface area contributed by atoms with Crippen molar-refractivity contribution in [2.45, 2.75) is 12.8 Å². The normalized spacial score (nSPS) is 20.9. The maximum Gasteiger partial charge on any atom is 0.286 e. The lowest BCUT2D eigenvalue weighted by Gasteiger charge is -2.31. The molecular weight excluding hydrogens is 334 g/mol. The number of hydrogen-bond acceptors (Lipinski definition) is 4. The van der Waals surface area contributed by atoms with E-state index in [1.54, 1.807) is 18.2 Å². The van der Waals surface area contributed by atoms with Crippen LogP contribution in [0.15, 0.2) is 34.2 Å². The zero-order chi connectivity index (χ0) is 16.4. The Labute approximate surface area is 143 Å². The van der Waals surface area contributed by atoms with Crippen LogP contribution in [0, 0.1) is 5.92 Å². The van der Waals surface area contributed by atoms with Gasteiger partial charge in [0.05, 0.1) is 4.91 Å². The topological polar surface area (TPSA) is 75.8 Å². The predicted molar refractivity (Wildman–Crippen MR) is 93.0 cm³/mol. The van der Waals surface area contributed by atoms with Gasteiger partial charge in [-0.15, -0.1) is 0 Å². The Balaban J connectivity index is 1.68. The summed E-state index contributed by atoms with van der Waals surface area (Å²) in [7, 11) is 0. The second kappa shape index (κ2) is 6.76. The van der Waals surface area contributed by atoms with Crippen molar-refractivity contribution in [1.82, 2.24) is 4.90 Å². The molecule has 2 heterocycles. The molecule has 5 nitrogen and oxygen atoms in total. The first-order chi connectivity index (χ1) is 11.0. The molecule has 0 aromatic heterocycles. The minimum atomic E-state index is -0.247. The minimum Gasteiger partial charge on any atom is -0.369 e. The van der Waals surface area contributed by atoms with Crippen LogP contribution in [0.2, 0.25) is 5.02 Å². The molecule has 7 heteroatoms. The lowest BCUT2D eigenvalue weighted by Crippen LogP contribution is -2.40. The number of piperidine rings is 1. The molecule has 0 atom stereocenters. The van der Waals surface area contributed by atoms with Crippen molar-refractivity contribution < 1.29 is 9.59 Å². The second-order valence-corrected chi connectivity index (χ2v) is 6.97. The quantitative estimate of drug-likeness (QED) is 0.832. The molecule has 0 aliphatic carbocycles. The van der Waals surface area contributed by atoms with Gasteiger partial charge in [0, 0.05) is 24.0 Å². The molecule has 2 amide bonds. The van der Waals surface area contributed by atoms with E-state index in [4.69, 9.17) is 17.3 Å². The molecule has 0 bridgehead atoms. The van der Waals surface area contributed by atoms with Gasteiger partial charge in [-0.25, -0.2) is 0 Å². The number of carbonyl (C=O) groups is 2. The van der Waals surface area contributed by atoms with E-state index in [9.17, 15) is 9.59 Å². The Morgan fingerprint density at radius 2 is 2.13 bits per heavy atom. The van der Waals surface area contributed by atoms with Crippen molar-refractivity contribution in [3.63, 3.8) is 0 Å². The Bertz CT molecular complexity index is 709. The molecule has 3 rings (SSSR count). The van der Waals surface area contributed by atoms with E-state index in [1.165, 1.54) is 11.8 Å². The maximum absolute atomic E-state index is 12.1. The molecule has 0 saturated carbocycles. The van der Waals surface area contributed by atoms with Crippen LogP contribution in [-0.2, 0) is 9.59 Å². The first-order valence-electron chi connectivity index (χ1n) is 7.35. The van der Waals surface area contributed by atoms with Crippen molar-refractivity contribution in [1.29, 1.82) is 0 Å². The lowest BCUT2D eigenvalue weighted by atomic mass is 9.97. The van der Waals surface area contributed by atoms with Crippen LogP contribution in [0.1, 0.15) is 18.4 Å². The number of halogens is 1. The van der Waals surface area contributed by atoms with Gasteiger partial charge in [0.15, 0.2) is 5.17 Å². The highest BCUT2D eigenvalue weighted by molar-refractivity contribution is 8.18. The second-order valence-electron chi connectivity index (χ2n) is 5.53. The number of amidine groups is 1. The highest BCUT2D eigenvalue weighted by Gasteiger charge is 2.30. The Hall–Kier alpha value is -1.79. The van der Waals surface area contributed by atoms with Crippen LogP contribution in [-0.4, -0.2) is 35.0 Å². The van der Waals surface area contributed by atoms with Crippen LogP contribution in [0.3, 0.4) is 0 Å². The van der Waals surface area contributed by atoms with E-state index in [-0.39, 0.29) is 17.7 Å². The third-order valence-corrected chi connectivity index (χ3v) is 5.20. The van der Waals surface area contributed by atoms with Crippen LogP contribution in [0.5, 0.6) is 0 Å². The summed E-state index contributed by atoms with van der Waals surface area (Å²) in [6, 6.07) is 7.33. The monoisotopic (exact) mass is 349 g/mol. The highest BCUT2D eigenvalue weighted by atomic mass is 35.5. The number of hydrogen-bond donors (Lipinski definition) is 1. The van der Waals surface area contributed by atoms with Gasteiger partial charge in [-0.2, -0.15) is 4.99 Å². The summed E-state index contributed by atoms with van der Waals surface area (Å²) in [6.45, 7) is 1.38. The zero-order valence-corrected chi connectivity index (χ0v) is 13.9. The number of likely N-dealkylation sites (tertiary alicyclic amines) is 1. The molecular formula is C16H16ClN3O2S. The van der Waals surface area contributed by atoms with Crippen molar-refractivity contribution in [3.05, 3.63) is 39.8 Å². The van der Waals surface area contributed by atoms with E-state index in [1.807, 2.05) is 17.0 Å². The molecule has 120 valence electrons. The van der Waals surface area contributed by atoms with Gasteiger partial charge in [-0.1, -0.05) is 23.7 Å². The van der Waals surface area contributed by atoms with Crippen LogP contribution in [0.25, 0.3) is 6.08 Å². The number of thioether (sulfide) groups is 1. The molecule has 2 N–H and O–H groups in total. The van der Waals surface area contributed by atoms with E-state index in [0.717, 1.165) is 5.56 Å². The summed E-state index contributed by atoms with van der Waals surface area (Å²) in [6.07, 6.45) is 3.21. The summed E-state index contributed by atoms with van der Waals surface area (Å²) in [4.78, 5) is 30.0. The number of amides is 2. The molecule has 1 fully saturated rings. The van der Waals surface area contributed by atoms with Gasteiger partial charge < -0.3 is 10.6 Å². The first kappa shape index (κ1) is 16.1. The minimum absolute atomic E-state index is 0.0737. The Kier molecular flexibility index (Phi) is 4.73. The van der Waals surface area contributed by atoms with Crippen molar-refractivity contribution in [2.24, 2.45) is 16.6 Å². The fourth-order valence-corrected chi connectivity index (χ4v) is 3.80. The van der Waals surface area contributed by atoms with E-state index >= 15 is 0 Å². The van der Waals surface area contributed by atoms with Crippen molar-refractivity contribution in [2.75, 3.05) is 13.1 Å². The van der Waals surface area contributed by atoms with Crippen molar-refractivity contribution >= 4 is 46.4 Å². The SMILES string of the molecule is NC(=O)C1CCN(C2=NC(=O)/C(=C\c3cccc(Cl)c3)S2)CC1. The van der Waals surface area contributed by atoms with Crippen LogP contribution in [0.4, 0.5) is 0 Å². The predicted octanol–water partition coefficient (Wildman–Crippen LogP) is 2.51. The molecule has 23 heavy (non-hydrogen) atoms. The molecule has 2 aliphatic heterocycles. The number of benzene rings is 1. The van der Waals surface area contributed by atoms with Crippen LogP contribution < -0.4 is 5.73 Å². The van der Waals surface area contributed by atoms with E-state index < -0.39 is 0 Å². The fraction of sp³-hybridized carbons (Fsp3) is 0.312. The summed E-state index contributed by atoms with van der Waals surface area (Å²) in [5.41, 5.74) is 6.21. The Morgan fingerprint density at radius 3 is 2.78 bits per heavy atom. The number of nitrogens with zero attached hydrogens (tertiary/aromatic N) is 2. The Morgan fingerprint density at radius 1 is 1.39 bits per heavy atom. The molecule has 0 radical (unpaired) electrons. The molecule has 1 aromatic carbocycles. The van der Waals surface area contributed by atoms with E-state index in [0.29, 0.717) is 41.0 Å². The molecule has 1 saturated heterocycles. The number of rotatable bonds is 2. The van der Waals surface area contributed by atoms with Gasteiger partial charge in [0.25, 0.3) is 5.91 Å². The summed E-state index contributed by atoms with van der Waals surface area (Å²) in [5, 5.41) is 1.33. The summed E-state index contributed by atoms with van der Waals surface area (Å²) in [5.74, 6) is -0.555. The van der Waals surface area contributed by atoms with Crippen molar-refractivity contribution in [3.8, 4) is 0 Å². The van der Waals surface area contributed by atoms with E-state index in [2.05, 4.69) is 4.99 Å². The van der Waals surface area contributed by atoms with Gasteiger partial charge in [0.1, 0.15) is 0 Å². The smallest absolute Gasteiger partial charge is 0.286 e. The van der Waals surface area contributed by atoms with Gasteiger partial charge in [0.2, 0.25) is 5.91 Å². The number of primary amides is 1. The molecule has 0 unspecified atom stereocenters. The average Bonchev–Trinajstić information content (AvgIpc) is 2.88. The average molecular weight is 350 g/mol. The zero-order valence-electron chi connectivity index (χ0n) is 12.4. The van der Waals surface area contributed by atoms with Gasteiger partial charge in [-0.05, 0) is 48.4 Å². The fourth-order valence-electron chi connectivity index (χ4n) is 2.64. The first-order valence-corrected chi connectivity index (χ1v) is 8.55. The highest BCUT2D eigenvalue weighted by Crippen LogP contribution is 2.32. The third-order valence-electron chi connectivity index (χ3n) is 3.92. The summed E-state index contributed by atoms with van der Waals surface area (Å²) >= 11 is 7.32. The van der Waals surface area contributed by atoms with Crippen LogP contribution >= 0.6 is 23.4 Å². The van der Waals surface area contributed by atoms with Gasteiger partial charge in [-0.3, -0.25) is 9.59 Å². The standard InChI is InChI=1S/C16H16ClN3O2S/c17-12-3-1-2-10(8-12)9-13-15(22)19-16(23-13)20-6-4-11(5-7-20)14(18)21/h1-3,8-9,11H,4-7H2,(H2,18,21)/b13-9+. The van der Waals surface area contributed by atoms with Gasteiger partial charge >= 0.3 is 0 Å². The molecule has 0 spiro atoms. The summed E-state index contributed by atoms with van der Waals surface area (Å²) < 4.78 is 0. The largest absolute Gasteiger partial charge is 0.369 e. The number of carbonyl (C=O) groups excluding carboxylic acids is 2. The molecule has 1 aromatic rings. The number of nitrogens with two attached hydrogens (primary N) is 1. The lowest BCUT2D eigenvalue weighted by molar-refractivity contribution is -0.123. The molecule has 2 aliphatic rings. The maximum atomic E-state index is 12.1. The third kappa shape index (κ3) is 3.76.